The average Bonchev–Trinajstić information content (AvgIpc) is 2.80. The molecule has 0 amide bonds. The van der Waals surface area contributed by atoms with Gasteiger partial charge in [0.2, 0.25) is 0 Å². The summed E-state index contributed by atoms with van der Waals surface area (Å²) in [6.45, 7) is 6.06. The number of rotatable bonds is 17. The van der Waals surface area contributed by atoms with Gasteiger partial charge in [-0.2, -0.15) is 0 Å². The molecule has 30 heavy (non-hydrogen) atoms. The van der Waals surface area contributed by atoms with Gasteiger partial charge in [0.25, 0.3) is 5.97 Å². The van der Waals surface area contributed by atoms with Crippen molar-refractivity contribution in [2.75, 3.05) is 39.7 Å². The molecule has 0 fully saturated rings. The monoisotopic (exact) mass is 424 g/mol. The number of benzene rings is 1. The summed E-state index contributed by atoms with van der Waals surface area (Å²) in [5, 5.41) is 3.47. The quantitative estimate of drug-likeness (QED) is 0.230. The molecular formula is C25H48N2O3. The summed E-state index contributed by atoms with van der Waals surface area (Å²) >= 11 is 0. The number of methoxy groups -OCH3 is 3. The van der Waals surface area contributed by atoms with E-state index in [9.17, 15) is 0 Å². The molecule has 1 rings (SSSR count). The molecule has 0 saturated heterocycles. The van der Waals surface area contributed by atoms with Crippen LogP contribution in [0.4, 0.5) is 5.69 Å². The molecule has 0 radical (unpaired) electrons. The Morgan fingerprint density at radius 3 is 1.87 bits per heavy atom. The molecule has 0 aliphatic rings. The largest absolute Gasteiger partial charge is 0.385 e. The van der Waals surface area contributed by atoms with E-state index in [2.05, 4.69) is 43.4 Å². The number of para-hydroxylation sites is 1. The van der Waals surface area contributed by atoms with Gasteiger partial charge in [0.05, 0.1) is 0 Å². The lowest BCUT2D eigenvalue weighted by atomic mass is 9.93. The first kappa shape index (κ1) is 28.9. The van der Waals surface area contributed by atoms with Crippen LogP contribution in [-0.4, -0.2) is 40.4 Å². The summed E-state index contributed by atoms with van der Waals surface area (Å²) in [7, 11) is 5.01. The maximum absolute atomic E-state index is 5.64. The Morgan fingerprint density at radius 2 is 1.33 bits per heavy atom. The fourth-order valence-electron chi connectivity index (χ4n) is 3.56. The summed E-state index contributed by atoms with van der Waals surface area (Å²) < 4.78 is 16.9. The van der Waals surface area contributed by atoms with E-state index >= 15 is 0 Å². The lowest BCUT2D eigenvalue weighted by Crippen LogP contribution is -2.44. The normalized spacial score (nSPS) is 12.2. The molecular weight excluding hydrogens is 376 g/mol. The molecule has 0 aliphatic carbocycles. The van der Waals surface area contributed by atoms with Gasteiger partial charge in [-0.3, -0.25) is 0 Å². The van der Waals surface area contributed by atoms with Crippen LogP contribution in [0.2, 0.25) is 0 Å². The fourth-order valence-corrected chi connectivity index (χ4v) is 3.56. The van der Waals surface area contributed by atoms with Crippen molar-refractivity contribution in [3.05, 3.63) is 30.3 Å². The van der Waals surface area contributed by atoms with Crippen molar-refractivity contribution >= 4 is 5.69 Å². The van der Waals surface area contributed by atoms with Gasteiger partial charge >= 0.3 is 0 Å². The van der Waals surface area contributed by atoms with Gasteiger partial charge in [0.1, 0.15) is 0 Å². The highest BCUT2D eigenvalue weighted by molar-refractivity contribution is 5.42. The van der Waals surface area contributed by atoms with E-state index in [-0.39, 0.29) is 5.92 Å². The molecule has 5 nitrogen and oxygen atoms in total. The van der Waals surface area contributed by atoms with Gasteiger partial charge in [-0.25, -0.2) is 0 Å². The van der Waals surface area contributed by atoms with Crippen molar-refractivity contribution in [1.82, 2.24) is 0 Å². The van der Waals surface area contributed by atoms with Crippen molar-refractivity contribution in [2.45, 2.75) is 84.0 Å². The minimum atomic E-state index is -0.934. The van der Waals surface area contributed by atoms with Gasteiger partial charge < -0.3 is 25.3 Å². The van der Waals surface area contributed by atoms with Gasteiger partial charge in [0.15, 0.2) is 0 Å². The van der Waals surface area contributed by atoms with Gasteiger partial charge in [-0.15, -0.1) is 0 Å². The molecule has 0 aliphatic heterocycles. The van der Waals surface area contributed by atoms with E-state index in [0.717, 1.165) is 44.5 Å². The minimum absolute atomic E-state index is 0.228. The van der Waals surface area contributed by atoms with Crippen LogP contribution in [0.1, 0.15) is 78.1 Å². The smallest absolute Gasteiger partial charge is 0.285 e. The van der Waals surface area contributed by atoms with Crippen LogP contribution in [-0.2, 0) is 14.2 Å². The number of nitrogens with two attached hydrogens (primary N) is 1. The predicted octanol–water partition coefficient (Wildman–Crippen LogP) is 6.19. The summed E-state index contributed by atoms with van der Waals surface area (Å²) in [6, 6.07) is 10.3. The van der Waals surface area contributed by atoms with Crippen LogP contribution in [0.25, 0.3) is 0 Å². The van der Waals surface area contributed by atoms with E-state index in [1.54, 1.807) is 21.3 Å². The van der Waals surface area contributed by atoms with Crippen LogP contribution in [0.3, 0.4) is 0 Å². The lowest BCUT2D eigenvalue weighted by molar-refractivity contribution is -0.380. The summed E-state index contributed by atoms with van der Waals surface area (Å²) in [6.07, 6.45) is 12.0. The Hall–Kier alpha value is -1.14. The maximum Gasteiger partial charge on any atom is 0.285 e. The first-order chi connectivity index (χ1) is 14.6. The molecule has 0 aromatic heterocycles. The molecule has 3 N–H and O–H groups in total. The number of ether oxygens (including phenoxy) is 3. The molecule has 5 heteroatoms. The molecule has 176 valence electrons. The van der Waals surface area contributed by atoms with Crippen LogP contribution in [0.15, 0.2) is 30.3 Å². The Morgan fingerprint density at radius 1 is 0.800 bits per heavy atom. The Labute approximate surface area is 186 Å². The Kier molecular flexibility index (Phi) is 19.0. The standard InChI is InChI=1S/C22H39NO3.C3H9N/c1-5-6-7-8-9-11-15-20(22(24-2,25-3)26-4)16-14-19-23-21-17-12-10-13-18-21;1-2-3-4/h10,12-13,17-18,20,23H,5-9,11,14-16,19H2,1-4H3;2-4H2,1H3. The predicted molar refractivity (Wildman–Crippen MR) is 129 cm³/mol. The zero-order chi connectivity index (χ0) is 22.5. The second-order valence-electron chi connectivity index (χ2n) is 7.69. The average molecular weight is 425 g/mol. The SMILES string of the molecule is CCCCCCCCC(CCCNc1ccccc1)C(OC)(OC)OC.CCCN. The molecule has 1 aromatic rings. The van der Waals surface area contributed by atoms with Crippen LogP contribution < -0.4 is 11.1 Å². The molecule has 0 spiro atoms. The second-order valence-corrected chi connectivity index (χ2v) is 7.69. The highest BCUT2D eigenvalue weighted by Gasteiger charge is 2.39. The minimum Gasteiger partial charge on any atom is -0.385 e. The third-order valence-electron chi connectivity index (χ3n) is 5.38. The maximum atomic E-state index is 5.64. The molecule has 0 saturated carbocycles. The highest BCUT2D eigenvalue weighted by atomic mass is 16.9. The molecule has 0 bridgehead atoms. The number of hydrogen-bond donors (Lipinski definition) is 2. The zero-order valence-corrected chi connectivity index (χ0v) is 20.3. The van der Waals surface area contributed by atoms with Crippen molar-refractivity contribution in [2.24, 2.45) is 11.7 Å². The number of unbranched alkanes of at least 4 members (excludes halogenated alkanes) is 5. The first-order valence-electron chi connectivity index (χ1n) is 11.8. The third-order valence-corrected chi connectivity index (χ3v) is 5.38. The van der Waals surface area contributed by atoms with Gasteiger partial charge in [-0.1, -0.05) is 70.6 Å². The topological polar surface area (TPSA) is 65.7 Å². The second kappa shape index (κ2) is 19.8. The highest BCUT2D eigenvalue weighted by Crippen LogP contribution is 2.32. The number of hydrogen-bond acceptors (Lipinski definition) is 5. The van der Waals surface area contributed by atoms with Crippen molar-refractivity contribution in [3.8, 4) is 0 Å². The van der Waals surface area contributed by atoms with Gasteiger partial charge in [-0.05, 0) is 44.4 Å². The Bertz CT molecular complexity index is 456. The number of nitrogens with one attached hydrogen (secondary N) is 1. The first-order valence-corrected chi connectivity index (χ1v) is 11.8. The van der Waals surface area contributed by atoms with E-state index in [1.807, 2.05) is 6.07 Å². The van der Waals surface area contributed by atoms with Crippen LogP contribution in [0, 0.1) is 5.92 Å². The summed E-state index contributed by atoms with van der Waals surface area (Å²) in [4.78, 5) is 0. The zero-order valence-electron chi connectivity index (χ0n) is 20.3. The summed E-state index contributed by atoms with van der Waals surface area (Å²) in [5.41, 5.74) is 6.19. The molecule has 1 unspecified atom stereocenters. The van der Waals surface area contributed by atoms with E-state index < -0.39 is 5.97 Å². The molecule has 0 heterocycles. The van der Waals surface area contributed by atoms with Crippen LogP contribution in [0.5, 0.6) is 0 Å². The molecule has 1 atom stereocenters. The van der Waals surface area contributed by atoms with E-state index in [0.29, 0.717) is 0 Å². The van der Waals surface area contributed by atoms with Gasteiger partial charge in [0, 0.05) is 39.5 Å². The van der Waals surface area contributed by atoms with E-state index in [1.165, 1.54) is 38.5 Å². The Balaban J connectivity index is 0.00000192. The van der Waals surface area contributed by atoms with Crippen molar-refractivity contribution < 1.29 is 14.2 Å². The van der Waals surface area contributed by atoms with Crippen LogP contribution >= 0.6 is 0 Å². The van der Waals surface area contributed by atoms with E-state index in [4.69, 9.17) is 19.9 Å². The lowest BCUT2D eigenvalue weighted by Gasteiger charge is -2.36. The third kappa shape index (κ3) is 12.5. The fraction of sp³-hybridized carbons (Fsp3) is 0.760. The number of anilines is 1. The van der Waals surface area contributed by atoms with Crippen molar-refractivity contribution in [1.29, 1.82) is 0 Å². The van der Waals surface area contributed by atoms with Crippen molar-refractivity contribution in [3.63, 3.8) is 0 Å². The summed E-state index contributed by atoms with van der Waals surface area (Å²) in [5.74, 6) is -0.706. The molecule has 1 aromatic carbocycles.